The van der Waals surface area contributed by atoms with Gasteiger partial charge in [0.15, 0.2) is 0 Å². The van der Waals surface area contributed by atoms with Gasteiger partial charge >= 0.3 is 0 Å². The van der Waals surface area contributed by atoms with Gasteiger partial charge in [-0.25, -0.2) is 0 Å². The van der Waals surface area contributed by atoms with E-state index in [4.69, 9.17) is 16.7 Å². The fourth-order valence-electron chi connectivity index (χ4n) is 1.64. The van der Waals surface area contributed by atoms with Crippen molar-refractivity contribution in [2.24, 2.45) is 0 Å². The highest BCUT2D eigenvalue weighted by Gasteiger charge is 2.27. The molecule has 0 aromatic heterocycles. The average Bonchev–Trinajstić information content (AvgIpc) is 2.69. The molecule has 1 aliphatic heterocycles. The fourth-order valence-corrected chi connectivity index (χ4v) is 1.86. The number of phenolic OH excluding ortho intramolecular Hbond substituents is 1. The SMILES string of the molecule is O=C1CC[C@H](C(=O)Nc2ccc(O)cc2Cl)N1. The molecule has 0 aliphatic carbocycles. The summed E-state index contributed by atoms with van der Waals surface area (Å²) in [5.41, 5.74) is 0.413. The molecule has 6 heteroatoms. The van der Waals surface area contributed by atoms with Crippen molar-refractivity contribution in [3.05, 3.63) is 23.2 Å². The summed E-state index contributed by atoms with van der Waals surface area (Å²) in [4.78, 5) is 22.7. The first kappa shape index (κ1) is 11.7. The standard InChI is InChI=1S/C11H11ClN2O3/c12-7-5-6(15)1-2-8(7)14-11(17)9-3-4-10(16)13-9/h1-2,5,9,15H,3-4H2,(H,13,16)(H,14,17)/t9-/m1/s1. The number of nitrogens with one attached hydrogen (secondary N) is 2. The third kappa shape index (κ3) is 2.68. The number of amides is 2. The van der Waals surface area contributed by atoms with E-state index in [2.05, 4.69) is 10.6 Å². The Bertz CT molecular complexity index is 476. The van der Waals surface area contributed by atoms with Crippen LogP contribution in [0.5, 0.6) is 5.75 Å². The Kier molecular flexibility index (Phi) is 3.19. The van der Waals surface area contributed by atoms with Gasteiger partial charge in [0.1, 0.15) is 11.8 Å². The first-order chi connectivity index (χ1) is 8.06. The van der Waals surface area contributed by atoms with Crippen molar-refractivity contribution < 1.29 is 14.7 Å². The smallest absolute Gasteiger partial charge is 0.247 e. The van der Waals surface area contributed by atoms with E-state index in [1.807, 2.05) is 0 Å². The Morgan fingerprint density at radius 3 is 2.88 bits per heavy atom. The molecule has 1 heterocycles. The summed E-state index contributed by atoms with van der Waals surface area (Å²) in [6.07, 6.45) is 0.849. The van der Waals surface area contributed by atoms with Crippen LogP contribution in [0.4, 0.5) is 5.69 Å². The van der Waals surface area contributed by atoms with Crippen LogP contribution >= 0.6 is 11.6 Å². The van der Waals surface area contributed by atoms with Gasteiger partial charge in [0, 0.05) is 12.5 Å². The zero-order chi connectivity index (χ0) is 12.4. The molecule has 90 valence electrons. The zero-order valence-electron chi connectivity index (χ0n) is 8.87. The van der Waals surface area contributed by atoms with Gasteiger partial charge in [-0.15, -0.1) is 0 Å². The van der Waals surface area contributed by atoms with Crippen molar-refractivity contribution in [3.8, 4) is 5.75 Å². The first-order valence-corrected chi connectivity index (χ1v) is 5.53. The van der Waals surface area contributed by atoms with Crippen LogP contribution in [0, 0.1) is 0 Å². The Balaban J connectivity index is 2.05. The molecular weight excluding hydrogens is 244 g/mol. The van der Waals surface area contributed by atoms with E-state index in [0.29, 0.717) is 18.5 Å². The number of benzene rings is 1. The molecule has 0 radical (unpaired) electrons. The number of halogens is 1. The van der Waals surface area contributed by atoms with Crippen LogP contribution in [0.15, 0.2) is 18.2 Å². The van der Waals surface area contributed by atoms with Crippen molar-refractivity contribution >= 4 is 29.1 Å². The second kappa shape index (κ2) is 4.63. The molecule has 1 saturated heterocycles. The fraction of sp³-hybridized carbons (Fsp3) is 0.273. The van der Waals surface area contributed by atoms with Crippen LogP contribution in [-0.2, 0) is 9.59 Å². The predicted octanol–water partition coefficient (Wildman–Crippen LogP) is 1.26. The Labute approximate surface area is 103 Å². The number of hydrogen-bond acceptors (Lipinski definition) is 3. The van der Waals surface area contributed by atoms with Gasteiger partial charge in [-0.1, -0.05) is 11.6 Å². The maximum Gasteiger partial charge on any atom is 0.247 e. The van der Waals surface area contributed by atoms with Crippen LogP contribution in [0.25, 0.3) is 0 Å². The summed E-state index contributed by atoms with van der Waals surface area (Å²) in [6.45, 7) is 0. The lowest BCUT2D eigenvalue weighted by molar-refractivity contribution is -0.122. The summed E-state index contributed by atoms with van der Waals surface area (Å²) >= 11 is 5.85. The van der Waals surface area contributed by atoms with Crippen LogP contribution in [0.2, 0.25) is 5.02 Å². The second-order valence-electron chi connectivity index (χ2n) is 3.81. The minimum absolute atomic E-state index is 0.0298. The molecule has 3 N–H and O–H groups in total. The maximum atomic E-state index is 11.8. The predicted molar refractivity (Wildman–Crippen MR) is 62.9 cm³/mol. The van der Waals surface area contributed by atoms with Gasteiger partial charge in [-0.05, 0) is 18.6 Å². The average molecular weight is 255 g/mol. The number of anilines is 1. The summed E-state index contributed by atoms with van der Waals surface area (Å²) in [5.74, 6) is -0.396. The Hall–Kier alpha value is -1.75. The molecule has 2 amide bonds. The van der Waals surface area contributed by atoms with E-state index in [1.165, 1.54) is 18.2 Å². The Morgan fingerprint density at radius 1 is 1.53 bits per heavy atom. The zero-order valence-corrected chi connectivity index (χ0v) is 9.62. The van der Waals surface area contributed by atoms with E-state index in [1.54, 1.807) is 0 Å². The normalized spacial score (nSPS) is 18.9. The number of hydrogen-bond donors (Lipinski definition) is 3. The van der Waals surface area contributed by atoms with Crippen LogP contribution < -0.4 is 10.6 Å². The molecule has 0 bridgehead atoms. The van der Waals surface area contributed by atoms with E-state index in [9.17, 15) is 9.59 Å². The highest BCUT2D eigenvalue weighted by atomic mass is 35.5. The molecule has 1 aliphatic rings. The summed E-state index contributed by atoms with van der Waals surface area (Å²) < 4.78 is 0. The molecule has 2 rings (SSSR count). The van der Waals surface area contributed by atoms with Crippen LogP contribution in [0.1, 0.15) is 12.8 Å². The molecule has 1 atom stereocenters. The van der Waals surface area contributed by atoms with Gasteiger partial charge in [0.05, 0.1) is 10.7 Å². The topological polar surface area (TPSA) is 78.4 Å². The highest BCUT2D eigenvalue weighted by molar-refractivity contribution is 6.33. The quantitative estimate of drug-likeness (QED) is 0.696. The van der Waals surface area contributed by atoms with Gasteiger partial charge in [0.25, 0.3) is 0 Å². The van der Waals surface area contributed by atoms with E-state index in [-0.39, 0.29) is 22.6 Å². The molecule has 0 unspecified atom stereocenters. The molecular formula is C11H11ClN2O3. The van der Waals surface area contributed by atoms with Gasteiger partial charge in [-0.2, -0.15) is 0 Å². The minimum Gasteiger partial charge on any atom is -0.508 e. The van der Waals surface area contributed by atoms with Gasteiger partial charge in [0.2, 0.25) is 11.8 Å². The number of phenols is 1. The molecule has 5 nitrogen and oxygen atoms in total. The van der Waals surface area contributed by atoms with Crippen LogP contribution in [0.3, 0.4) is 0 Å². The van der Waals surface area contributed by atoms with Crippen molar-refractivity contribution in [1.82, 2.24) is 5.32 Å². The number of aromatic hydroxyl groups is 1. The number of carbonyl (C=O) groups excluding carboxylic acids is 2. The first-order valence-electron chi connectivity index (χ1n) is 5.15. The summed E-state index contributed by atoms with van der Waals surface area (Å²) in [6, 6.07) is 3.76. The maximum absolute atomic E-state index is 11.8. The van der Waals surface area contributed by atoms with E-state index < -0.39 is 6.04 Å². The Morgan fingerprint density at radius 2 is 2.29 bits per heavy atom. The summed E-state index contributed by atoms with van der Waals surface area (Å²) in [7, 11) is 0. The highest BCUT2D eigenvalue weighted by Crippen LogP contribution is 2.26. The number of carbonyl (C=O) groups is 2. The van der Waals surface area contributed by atoms with Crippen molar-refractivity contribution in [2.75, 3.05) is 5.32 Å². The molecule has 0 saturated carbocycles. The molecule has 17 heavy (non-hydrogen) atoms. The lowest BCUT2D eigenvalue weighted by atomic mass is 10.2. The minimum atomic E-state index is -0.507. The van der Waals surface area contributed by atoms with E-state index in [0.717, 1.165) is 0 Å². The monoisotopic (exact) mass is 254 g/mol. The van der Waals surface area contributed by atoms with Gasteiger partial charge in [-0.3, -0.25) is 9.59 Å². The molecule has 1 aromatic rings. The second-order valence-corrected chi connectivity index (χ2v) is 4.22. The third-order valence-corrected chi connectivity index (χ3v) is 2.84. The van der Waals surface area contributed by atoms with Crippen molar-refractivity contribution in [1.29, 1.82) is 0 Å². The molecule has 0 spiro atoms. The van der Waals surface area contributed by atoms with Crippen molar-refractivity contribution in [2.45, 2.75) is 18.9 Å². The lowest BCUT2D eigenvalue weighted by Gasteiger charge is -2.12. The third-order valence-electron chi connectivity index (χ3n) is 2.52. The largest absolute Gasteiger partial charge is 0.508 e. The molecule has 1 fully saturated rings. The van der Waals surface area contributed by atoms with E-state index >= 15 is 0 Å². The number of rotatable bonds is 2. The van der Waals surface area contributed by atoms with Crippen molar-refractivity contribution in [3.63, 3.8) is 0 Å². The molecule has 1 aromatic carbocycles. The summed E-state index contributed by atoms with van der Waals surface area (Å²) in [5, 5.41) is 14.6. The lowest BCUT2D eigenvalue weighted by Crippen LogP contribution is -2.37. The van der Waals surface area contributed by atoms with Crippen LogP contribution in [-0.4, -0.2) is 23.0 Å². The van der Waals surface area contributed by atoms with Gasteiger partial charge < -0.3 is 15.7 Å².